The van der Waals surface area contributed by atoms with Gasteiger partial charge >= 0.3 is 0 Å². The van der Waals surface area contributed by atoms with E-state index in [9.17, 15) is 13.9 Å². The molecule has 2 heterocycles. The third kappa shape index (κ3) is 3.87. The normalized spacial score (nSPS) is 16.9. The summed E-state index contributed by atoms with van der Waals surface area (Å²) in [6, 6.07) is 7.36. The number of nitrogens with zero attached hydrogens (tertiary/aromatic N) is 4. The fraction of sp³-hybridized carbons (Fsp3) is 0.391. The predicted molar refractivity (Wildman–Crippen MR) is 119 cm³/mol. The van der Waals surface area contributed by atoms with Crippen molar-refractivity contribution in [2.45, 2.75) is 57.2 Å². The summed E-state index contributed by atoms with van der Waals surface area (Å²) in [5, 5.41) is 13.6. The number of aryl methyl sites for hydroxylation is 1. The van der Waals surface area contributed by atoms with Crippen molar-refractivity contribution < 1.29 is 13.9 Å². The molecule has 0 bridgehead atoms. The molecule has 6 nitrogen and oxygen atoms in total. The van der Waals surface area contributed by atoms with Gasteiger partial charge in [0.2, 0.25) is 0 Å². The van der Waals surface area contributed by atoms with Gasteiger partial charge in [-0.2, -0.15) is 8.78 Å². The van der Waals surface area contributed by atoms with Gasteiger partial charge in [-0.25, -0.2) is 21.5 Å². The second-order valence-corrected chi connectivity index (χ2v) is 8.61. The summed E-state index contributed by atoms with van der Waals surface area (Å²) in [7, 11) is 0. The van der Waals surface area contributed by atoms with Gasteiger partial charge in [-0.1, -0.05) is 29.8 Å². The van der Waals surface area contributed by atoms with E-state index in [1.165, 1.54) is 18.2 Å². The molecule has 0 saturated heterocycles. The Bertz CT molecular complexity index is 1240. The number of fused-ring (bicyclic) bond motifs is 1. The fourth-order valence-electron chi connectivity index (χ4n) is 3.68. The van der Waals surface area contributed by atoms with Crippen LogP contribution in [0.1, 0.15) is 55.2 Å². The third-order valence-corrected chi connectivity index (χ3v) is 6.13. The van der Waals surface area contributed by atoms with Crippen LogP contribution in [0.2, 0.25) is 5.15 Å². The monoisotopic (exact) mass is 457 g/mol. The zero-order chi connectivity index (χ0) is 23.3. The van der Waals surface area contributed by atoms with Gasteiger partial charge in [0.05, 0.1) is 10.9 Å². The van der Waals surface area contributed by atoms with Crippen molar-refractivity contribution >= 4 is 28.5 Å². The van der Waals surface area contributed by atoms with Crippen molar-refractivity contribution in [2.24, 2.45) is 0 Å². The van der Waals surface area contributed by atoms with E-state index in [2.05, 4.69) is 25.1 Å². The van der Waals surface area contributed by atoms with E-state index in [0.29, 0.717) is 33.8 Å². The molecule has 1 fully saturated rings. The maximum Gasteiger partial charge on any atom is 0.298 e. The summed E-state index contributed by atoms with van der Waals surface area (Å²) in [6.07, 6.45) is -0.361. The van der Waals surface area contributed by atoms with Gasteiger partial charge in [0.25, 0.3) is 11.5 Å². The van der Waals surface area contributed by atoms with Crippen molar-refractivity contribution in [1.29, 1.82) is 0 Å². The van der Waals surface area contributed by atoms with E-state index in [0.717, 1.165) is 19.8 Å². The largest absolute Gasteiger partial charge is 0.387 e. The number of anilines is 1. The summed E-state index contributed by atoms with van der Waals surface area (Å²) in [5.41, 5.74) is 0.756. The Labute approximate surface area is 189 Å². The Morgan fingerprint density at radius 3 is 2.56 bits per heavy atom. The van der Waals surface area contributed by atoms with Crippen LogP contribution >= 0.6 is 11.6 Å². The number of benzene rings is 1. The average molecular weight is 458 g/mol. The lowest BCUT2D eigenvalue weighted by molar-refractivity contribution is -0.106. The number of rotatable bonds is 6. The smallest absolute Gasteiger partial charge is 0.298 e. The van der Waals surface area contributed by atoms with Crippen molar-refractivity contribution in [1.82, 2.24) is 15.0 Å². The van der Waals surface area contributed by atoms with Crippen LogP contribution in [0.25, 0.3) is 15.9 Å². The molecule has 1 aromatic carbocycles. The van der Waals surface area contributed by atoms with Crippen LogP contribution in [0.4, 0.5) is 14.6 Å². The van der Waals surface area contributed by atoms with Crippen LogP contribution in [0, 0.1) is 13.5 Å². The second kappa shape index (κ2) is 7.91. The highest BCUT2D eigenvalue weighted by Gasteiger charge is 2.54. The SMILES string of the molecule is [C-]#[N+]C1(c2cc3c(N[C@H](C)c4cccc(C(F)(F)[C@H](C)O)c4)nc(C)nc3nc2Cl)CC1. The molecular weight excluding hydrogens is 436 g/mol. The summed E-state index contributed by atoms with van der Waals surface area (Å²) in [5.74, 6) is -2.40. The summed E-state index contributed by atoms with van der Waals surface area (Å²) in [6.45, 7) is 12.2. The first-order valence-corrected chi connectivity index (χ1v) is 10.6. The molecule has 166 valence electrons. The van der Waals surface area contributed by atoms with E-state index in [1.807, 2.05) is 13.0 Å². The molecule has 2 N–H and O–H groups in total. The van der Waals surface area contributed by atoms with Crippen molar-refractivity contribution in [2.75, 3.05) is 5.32 Å². The Morgan fingerprint density at radius 1 is 1.22 bits per heavy atom. The molecular formula is C23H22ClF2N5O. The fourth-order valence-corrected chi connectivity index (χ4v) is 3.99. The third-order valence-electron chi connectivity index (χ3n) is 5.84. The van der Waals surface area contributed by atoms with Gasteiger partial charge in [0.15, 0.2) is 5.65 Å². The van der Waals surface area contributed by atoms with Crippen LogP contribution in [-0.2, 0) is 11.5 Å². The number of hydrogen-bond donors (Lipinski definition) is 2. The van der Waals surface area contributed by atoms with Crippen LogP contribution in [0.5, 0.6) is 0 Å². The second-order valence-electron chi connectivity index (χ2n) is 8.25. The minimum absolute atomic E-state index is 0.258. The average Bonchev–Trinajstić information content (AvgIpc) is 3.54. The first-order valence-electron chi connectivity index (χ1n) is 10.2. The Kier molecular flexibility index (Phi) is 5.51. The molecule has 3 aromatic rings. The highest BCUT2D eigenvalue weighted by molar-refractivity contribution is 6.30. The lowest BCUT2D eigenvalue weighted by atomic mass is 9.99. The summed E-state index contributed by atoms with van der Waals surface area (Å²) >= 11 is 6.37. The predicted octanol–water partition coefficient (Wildman–Crippen LogP) is 5.54. The molecule has 9 heteroatoms. The quantitative estimate of drug-likeness (QED) is 0.375. The minimum atomic E-state index is -3.36. The summed E-state index contributed by atoms with van der Waals surface area (Å²) in [4.78, 5) is 17.0. The molecule has 0 amide bonds. The van der Waals surface area contributed by atoms with Crippen molar-refractivity contribution in [3.63, 3.8) is 0 Å². The molecule has 1 aliphatic rings. The Balaban J connectivity index is 1.73. The molecule has 1 saturated carbocycles. The molecule has 2 atom stereocenters. The topological polar surface area (TPSA) is 75.3 Å². The lowest BCUT2D eigenvalue weighted by Crippen LogP contribution is -2.28. The van der Waals surface area contributed by atoms with Crippen LogP contribution < -0.4 is 5.32 Å². The lowest BCUT2D eigenvalue weighted by Gasteiger charge is -2.22. The van der Waals surface area contributed by atoms with Crippen LogP contribution in [0.3, 0.4) is 0 Å². The Morgan fingerprint density at radius 2 is 1.94 bits per heavy atom. The van der Waals surface area contributed by atoms with E-state index in [1.54, 1.807) is 13.0 Å². The van der Waals surface area contributed by atoms with E-state index < -0.39 is 17.6 Å². The van der Waals surface area contributed by atoms with E-state index in [4.69, 9.17) is 18.2 Å². The number of halogens is 3. The zero-order valence-corrected chi connectivity index (χ0v) is 18.6. The van der Waals surface area contributed by atoms with Crippen LogP contribution in [0.15, 0.2) is 30.3 Å². The standard InChI is InChI=1S/C23H22ClF2N5O/c1-12(15-6-5-7-16(10-15)23(25,26)13(2)32)28-20-17-11-18(22(27-4)8-9-22)19(24)31-21(17)30-14(3)29-20/h5-7,10-13,32H,8-9H2,1-3H3,(H,28,29,30,31)/t12-,13+/m1/s1. The molecule has 0 spiro atoms. The number of aliphatic hydroxyl groups excluding tert-OH is 1. The maximum atomic E-state index is 14.3. The number of hydrogen-bond acceptors (Lipinski definition) is 5. The van der Waals surface area contributed by atoms with Crippen molar-refractivity contribution in [3.8, 4) is 0 Å². The molecule has 1 aliphatic carbocycles. The molecule has 32 heavy (non-hydrogen) atoms. The molecule has 2 aromatic heterocycles. The molecule has 0 aliphatic heterocycles. The number of nitrogens with one attached hydrogen (secondary N) is 1. The van der Waals surface area contributed by atoms with Gasteiger partial charge in [-0.05, 0) is 38.5 Å². The molecule has 4 rings (SSSR count). The maximum absolute atomic E-state index is 14.3. The summed E-state index contributed by atoms with van der Waals surface area (Å²) < 4.78 is 28.6. The highest BCUT2D eigenvalue weighted by Crippen LogP contribution is 2.52. The van der Waals surface area contributed by atoms with Gasteiger partial charge in [0.1, 0.15) is 22.9 Å². The van der Waals surface area contributed by atoms with Gasteiger partial charge in [-0.15, -0.1) is 0 Å². The molecule has 0 unspecified atom stereocenters. The van der Waals surface area contributed by atoms with E-state index >= 15 is 0 Å². The number of aliphatic hydroxyl groups is 1. The number of pyridine rings is 1. The van der Waals surface area contributed by atoms with Gasteiger partial charge in [-0.3, -0.25) is 0 Å². The Hall–Kier alpha value is -2.89. The highest BCUT2D eigenvalue weighted by atomic mass is 35.5. The first kappa shape index (κ1) is 22.3. The molecule has 0 radical (unpaired) electrons. The minimum Gasteiger partial charge on any atom is -0.387 e. The zero-order valence-electron chi connectivity index (χ0n) is 17.8. The number of aromatic nitrogens is 3. The van der Waals surface area contributed by atoms with Gasteiger partial charge < -0.3 is 15.3 Å². The van der Waals surface area contributed by atoms with Crippen LogP contribution in [-0.4, -0.2) is 26.2 Å². The number of alkyl halides is 2. The first-order chi connectivity index (χ1) is 15.1. The van der Waals surface area contributed by atoms with E-state index in [-0.39, 0.29) is 16.8 Å². The van der Waals surface area contributed by atoms with Gasteiger partial charge in [0, 0.05) is 24.4 Å². The van der Waals surface area contributed by atoms with Crippen molar-refractivity contribution in [3.05, 3.63) is 69.4 Å².